The second-order valence-electron chi connectivity index (χ2n) is 5.18. The van der Waals surface area contributed by atoms with E-state index in [1.54, 1.807) is 13.3 Å². The molecule has 0 aliphatic heterocycles. The number of benzene rings is 1. The molecule has 1 amide bonds. The van der Waals surface area contributed by atoms with Gasteiger partial charge in [0.15, 0.2) is 10.3 Å². The summed E-state index contributed by atoms with van der Waals surface area (Å²) in [6, 6.07) is 5.67. The number of fused-ring (bicyclic) bond motifs is 1. The average Bonchev–Trinajstić information content (AvgIpc) is 3.16. The van der Waals surface area contributed by atoms with Crippen LogP contribution in [0.15, 0.2) is 35.7 Å². The van der Waals surface area contributed by atoms with E-state index in [0.29, 0.717) is 11.6 Å². The van der Waals surface area contributed by atoms with Crippen molar-refractivity contribution in [3.63, 3.8) is 0 Å². The number of thiazole rings is 1. The number of carbonyl (C=O) groups is 1. The maximum Gasteiger partial charge on any atom is 0.239 e. The number of hydrogen-bond acceptors (Lipinski definition) is 6. The van der Waals surface area contributed by atoms with Crippen molar-refractivity contribution in [3.05, 3.63) is 30.6 Å². The van der Waals surface area contributed by atoms with Gasteiger partial charge >= 0.3 is 0 Å². The summed E-state index contributed by atoms with van der Waals surface area (Å²) in [7, 11) is 3.55. The topological polar surface area (TPSA) is 69.0 Å². The van der Waals surface area contributed by atoms with Crippen LogP contribution in [0.2, 0.25) is 0 Å². The first kappa shape index (κ1) is 16.8. The lowest BCUT2D eigenvalue weighted by molar-refractivity contribution is -0.115. The summed E-state index contributed by atoms with van der Waals surface area (Å²) in [5.74, 6) is 0.720. The summed E-state index contributed by atoms with van der Waals surface area (Å²) in [6.07, 6.45) is 4.31. The lowest BCUT2D eigenvalue weighted by Crippen LogP contribution is -2.24. The number of amides is 1. The van der Waals surface area contributed by atoms with Gasteiger partial charge in [-0.1, -0.05) is 30.0 Å². The van der Waals surface area contributed by atoms with E-state index < -0.39 is 0 Å². The number of thioether (sulfide) groups is 1. The second-order valence-corrected chi connectivity index (χ2v) is 7.38. The van der Waals surface area contributed by atoms with Gasteiger partial charge in [-0.3, -0.25) is 4.79 Å². The van der Waals surface area contributed by atoms with E-state index >= 15 is 0 Å². The minimum absolute atomic E-state index is 0.0588. The van der Waals surface area contributed by atoms with Gasteiger partial charge in [0.2, 0.25) is 5.91 Å². The Hall–Kier alpha value is -2.06. The normalized spacial score (nSPS) is 12.3. The van der Waals surface area contributed by atoms with Crippen LogP contribution in [-0.2, 0) is 11.8 Å². The molecule has 8 heteroatoms. The van der Waals surface area contributed by atoms with Gasteiger partial charge in [0.05, 0.1) is 22.6 Å². The zero-order valence-corrected chi connectivity index (χ0v) is 15.3. The number of nitrogens with zero attached hydrogens (tertiary/aromatic N) is 3. The van der Waals surface area contributed by atoms with Crippen molar-refractivity contribution in [1.29, 1.82) is 0 Å². The number of nitrogens with one attached hydrogen (secondary N) is 1. The molecule has 3 aromatic rings. The average molecular weight is 362 g/mol. The quantitative estimate of drug-likeness (QED) is 0.679. The smallest absolute Gasteiger partial charge is 0.239 e. The van der Waals surface area contributed by atoms with E-state index in [4.69, 9.17) is 4.74 Å². The summed E-state index contributed by atoms with van der Waals surface area (Å²) in [6.45, 7) is 1.99. The number of carbonyl (C=O) groups excluding carboxylic acids is 1. The maximum atomic E-state index is 12.6. The third-order valence-corrected chi connectivity index (χ3v) is 5.88. The molecule has 126 valence electrons. The number of aryl methyl sites for hydroxylation is 1. The fourth-order valence-electron chi connectivity index (χ4n) is 2.19. The van der Waals surface area contributed by atoms with Gasteiger partial charge in [-0.15, -0.1) is 0 Å². The fraction of sp³-hybridized carbons (Fsp3) is 0.312. The van der Waals surface area contributed by atoms with Crippen molar-refractivity contribution in [2.24, 2.45) is 7.05 Å². The van der Waals surface area contributed by atoms with Crippen molar-refractivity contribution in [2.75, 3.05) is 12.4 Å². The number of anilines is 1. The van der Waals surface area contributed by atoms with E-state index in [-0.39, 0.29) is 11.2 Å². The predicted molar refractivity (Wildman–Crippen MR) is 97.9 cm³/mol. The van der Waals surface area contributed by atoms with E-state index in [2.05, 4.69) is 15.3 Å². The van der Waals surface area contributed by atoms with Gasteiger partial charge in [-0.05, 0) is 24.6 Å². The van der Waals surface area contributed by atoms with E-state index in [1.165, 1.54) is 23.1 Å². The molecule has 0 aliphatic rings. The van der Waals surface area contributed by atoms with Crippen LogP contribution in [0.5, 0.6) is 5.75 Å². The molecule has 0 bridgehead atoms. The van der Waals surface area contributed by atoms with Crippen LogP contribution in [0, 0.1) is 0 Å². The predicted octanol–water partition coefficient (Wildman–Crippen LogP) is 3.55. The van der Waals surface area contributed by atoms with Gasteiger partial charge in [0.25, 0.3) is 0 Å². The molecular formula is C16H18N4O2S2. The largest absolute Gasteiger partial charge is 0.497 e. The first-order chi connectivity index (χ1) is 11.6. The zero-order chi connectivity index (χ0) is 17.1. The molecule has 0 aliphatic carbocycles. The Labute approximate surface area is 148 Å². The molecule has 2 aromatic heterocycles. The summed E-state index contributed by atoms with van der Waals surface area (Å²) < 4.78 is 8.11. The number of methoxy groups -OCH3 is 1. The highest BCUT2D eigenvalue weighted by Crippen LogP contribution is 2.30. The Kier molecular flexibility index (Phi) is 5.06. The molecule has 3 rings (SSSR count). The van der Waals surface area contributed by atoms with Crippen molar-refractivity contribution < 1.29 is 9.53 Å². The SMILES string of the molecule is CCC(Sc1nccn1C)C(=O)Nc1nc2ccc(OC)cc2s1. The monoisotopic (exact) mass is 362 g/mol. The van der Waals surface area contributed by atoms with Crippen molar-refractivity contribution >= 4 is 44.4 Å². The lowest BCUT2D eigenvalue weighted by Gasteiger charge is -2.12. The van der Waals surface area contributed by atoms with Gasteiger partial charge in [0.1, 0.15) is 5.75 Å². The van der Waals surface area contributed by atoms with Crippen LogP contribution in [0.4, 0.5) is 5.13 Å². The lowest BCUT2D eigenvalue weighted by atomic mass is 10.3. The van der Waals surface area contributed by atoms with Gasteiger partial charge in [0, 0.05) is 19.4 Å². The standard InChI is InChI=1S/C16H18N4O2S2/c1-4-12(24-16-17-7-8-20(16)2)14(21)19-15-18-11-6-5-10(22-3)9-13(11)23-15/h5-9,12H,4H2,1-3H3,(H,18,19,21). The molecule has 2 heterocycles. The molecule has 0 spiro atoms. The highest BCUT2D eigenvalue weighted by atomic mass is 32.2. The van der Waals surface area contributed by atoms with Crippen LogP contribution in [-0.4, -0.2) is 32.8 Å². The van der Waals surface area contributed by atoms with Crippen LogP contribution in [0.25, 0.3) is 10.2 Å². The number of ether oxygens (including phenoxy) is 1. The van der Waals surface area contributed by atoms with Crippen molar-refractivity contribution in [2.45, 2.75) is 23.8 Å². The van der Waals surface area contributed by atoms with Crippen LogP contribution in [0.1, 0.15) is 13.3 Å². The first-order valence-electron chi connectivity index (χ1n) is 7.50. The Morgan fingerprint density at radius 3 is 3.00 bits per heavy atom. The molecule has 1 unspecified atom stereocenters. The van der Waals surface area contributed by atoms with Crippen LogP contribution in [0.3, 0.4) is 0 Å². The summed E-state index contributed by atoms with van der Waals surface area (Å²) in [5, 5.41) is 4.13. The number of rotatable bonds is 6. The Bertz CT molecular complexity index is 859. The Morgan fingerprint density at radius 2 is 2.33 bits per heavy atom. The fourth-order valence-corrected chi connectivity index (χ4v) is 4.02. The molecule has 24 heavy (non-hydrogen) atoms. The van der Waals surface area contributed by atoms with Gasteiger partial charge in [-0.25, -0.2) is 9.97 Å². The van der Waals surface area contributed by atoms with Crippen molar-refractivity contribution in [3.8, 4) is 5.75 Å². The number of imidazole rings is 1. The van der Waals surface area contributed by atoms with Gasteiger partial charge in [-0.2, -0.15) is 0 Å². The molecular weight excluding hydrogens is 344 g/mol. The molecule has 0 saturated carbocycles. The summed E-state index contributed by atoms with van der Waals surface area (Å²) in [4.78, 5) is 21.3. The summed E-state index contributed by atoms with van der Waals surface area (Å²) in [5.41, 5.74) is 0.848. The third kappa shape index (κ3) is 3.54. The van der Waals surface area contributed by atoms with E-state index in [1.807, 2.05) is 42.9 Å². The Morgan fingerprint density at radius 1 is 1.50 bits per heavy atom. The molecule has 1 N–H and O–H groups in total. The van der Waals surface area contributed by atoms with Crippen LogP contribution < -0.4 is 10.1 Å². The highest BCUT2D eigenvalue weighted by Gasteiger charge is 2.21. The molecule has 0 saturated heterocycles. The zero-order valence-electron chi connectivity index (χ0n) is 13.6. The number of hydrogen-bond donors (Lipinski definition) is 1. The van der Waals surface area contributed by atoms with E-state index in [9.17, 15) is 4.79 Å². The molecule has 1 aromatic carbocycles. The molecule has 6 nitrogen and oxygen atoms in total. The number of aromatic nitrogens is 3. The van der Waals surface area contributed by atoms with Crippen LogP contribution >= 0.6 is 23.1 Å². The third-order valence-electron chi connectivity index (χ3n) is 3.51. The van der Waals surface area contributed by atoms with Crippen molar-refractivity contribution in [1.82, 2.24) is 14.5 Å². The minimum atomic E-state index is -0.215. The second kappa shape index (κ2) is 7.23. The first-order valence-corrected chi connectivity index (χ1v) is 9.19. The van der Waals surface area contributed by atoms with E-state index in [0.717, 1.165) is 21.1 Å². The molecule has 0 radical (unpaired) electrons. The summed E-state index contributed by atoms with van der Waals surface area (Å²) >= 11 is 2.90. The minimum Gasteiger partial charge on any atom is -0.497 e. The molecule has 1 atom stereocenters. The Balaban J connectivity index is 1.74. The maximum absolute atomic E-state index is 12.6. The highest BCUT2D eigenvalue weighted by molar-refractivity contribution is 8.00. The molecule has 0 fully saturated rings. The van der Waals surface area contributed by atoms with Gasteiger partial charge < -0.3 is 14.6 Å².